The fourth-order valence-corrected chi connectivity index (χ4v) is 6.96. The number of rotatable bonds is 9. The molecule has 4 rings (SSSR count). The van der Waals surface area contributed by atoms with E-state index in [9.17, 15) is 4.79 Å². The molecule has 4 nitrogen and oxygen atoms in total. The van der Waals surface area contributed by atoms with Gasteiger partial charge in [0.05, 0.1) is 4.88 Å². The minimum atomic E-state index is -0.398. The predicted octanol–water partition coefficient (Wildman–Crippen LogP) is 8.02. The molecule has 3 aromatic rings. The summed E-state index contributed by atoms with van der Waals surface area (Å²) in [4.78, 5) is 17.5. The predicted molar refractivity (Wildman–Crippen MR) is 159 cm³/mol. The Labute approximate surface area is 230 Å². The molecule has 2 aromatic carbocycles. The van der Waals surface area contributed by atoms with Gasteiger partial charge in [0.15, 0.2) is 0 Å². The second-order valence-electron chi connectivity index (χ2n) is 10.5. The van der Waals surface area contributed by atoms with Crippen molar-refractivity contribution in [1.82, 2.24) is 4.90 Å². The maximum atomic E-state index is 12.4. The van der Waals surface area contributed by atoms with Crippen LogP contribution in [0.5, 0.6) is 0 Å². The summed E-state index contributed by atoms with van der Waals surface area (Å²) in [7, 11) is 4.36. The molecule has 0 bridgehead atoms. The molecular weight excluding hydrogens is 498 g/mol. The van der Waals surface area contributed by atoms with Crippen molar-refractivity contribution in [2.75, 3.05) is 19.0 Å². The Hall–Kier alpha value is -2.60. The normalized spacial score (nSPS) is 18.5. The van der Waals surface area contributed by atoms with Gasteiger partial charge in [0, 0.05) is 23.0 Å². The summed E-state index contributed by atoms with van der Waals surface area (Å²) >= 11 is 7.88. The zero-order chi connectivity index (χ0) is 26.7. The van der Waals surface area contributed by atoms with Crippen molar-refractivity contribution in [2.24, 2.45) is 5.73 Å². The summed E-state index contributed by atoms with van der Waals surface area (Å²) in [6.07, 6.45) is 7.38. The summed E-state index contributed by atoms with van der Waals surface area (Å²) in [5.74, 6) is 0.317. The largest absolute Gasteiger partial charge is 0.365 e. The first-order valence-electron chi connectivity index (χ1n) is 13.0. The molecule has 0 spiro atoms. The molecule has 1 aromatic heterocycles. The second-order valence-corrected chi connectivity index (χ2v) is 11.9. The number of anilines is 2. The third-order valence-electron chi connectivity index (χ3n) is 7.79. The minimum Gasteiger partial charge on any atom is -0.365 e. The molecule has 1 amide bonds. The number of nitrogens with two attached hydrogens (primary N) is 1. The van der Waals surface area contributed by atoms with E-state index in [-0.39, 0.29) is 5.92 Å². The van der Waals surface area contributed by atoms with E-state index in [1.165, 1.54) is 48.1 Å². The van der Waals surface area contributed by atoms with Crippen LogP contribution in [0.3, 0.4) is 0 Å². The van der Waals surface area contributed by atoms with E-state index >= 15 is 0 Å². The monoisotopic (exact) mass is 535 g/mol. The highest BCUT2D eigenvalue weighted by Crippen LogP contribution is 2.41. The van der Waals surface area contributed by atoms with Crippen LogP contribution >= 0.6 is 22.9 Å². The van der Waals surface area contributed by atoms with Gasteiger partial charge in [-0.3, -0.25) is 4.79 Å². The van der Waals surface area contributed by atoms with Gasteiger partial charge in [-0.25, -0.2) is 0 Å². The Morgan fingerprint density at radius 3 is 2.49 bits per heavy atom. The average molecular weight is 536 g/mol. The highest BCUT2D eigenvalue weighted by molar-refractivity contribution is 7.18. The summed E-state index contributed by atoms with van der Waals surface area (Å²) < 4.78 is 0. The minimum absolute atomic E-state index is 0.147. The van der Waals surface area contributed by atoms with E-state index in [1.807, 2.05) is 30.5 Å². The Balaban J connectivity index is 1.62. The van der Waals surface area contributed by atoms with Crippen LogP contribution in [0.2, 0.25) is 5.02 Å². The Morgan fingerprint density at radius 2 is 1.86 bits per heavy atom. The Bertz CT molecular complexity index is 1260. The van der Waals surface area contributed by atoms with Crippen LogP contribution in [0.1, 0.15) is 76.4 Å². The van der Waals surface area contributed by atoms with E-state index in [0.717, 1.165) is 26.8 Å². The molecule has 196 valence electrons. The molecule has 6 heteroatoms. The highest BCUT2D eigenvalue weighted by atomic mass is 35.5. The number of hydrogen-bond acceptors (Lipinski definition) is 4. The van der Waals surface area contributed by atoms with Gasteiger partial charge in [-0.05, 0) is 105 Å². The topological polar surface area (TPSA) is 49.6 Å². The first-order valence-corrected chi connectivity index (χ1v) is 14.2. The van der Waals surface area contributed by atoms with Crippen LogP contribution in [-0.2, 0) is 6.42 Å². The van der Waals surface area contributed by atoms with E-state index in [4.69, 9.17) is 17.3 Å². The zero-order valence-corrected chi connectivity index (χ0v) is 23.9. The molecule has 1 aliphatic rings. The first kappa shape index (κ1) is 27.4. The molecule has 0 aliphatic heterocycles. The van der Waals surface area contributed by atoms with Gasteiger partial charge in [0.1, 0.15) is 5.00 Å². The van der Waals surface area contributed by atoms with E-state index in [1.54, 1.807) is 0 Å². The van der Waals surface area contributed by atoms with Gasteiger partial charge in [-0.1, -0.05) is 55.4 Å². The number of nitrogens with zero attached hydrogens (tertiary/aromatic N) is 2. The van der Waals surface area contributed by atoms with Crippen molar-refractivity contribution < 1.29 is 4.79 Å². The fraction of sp³-hybridized carbons (Fsp3) is 0.387. The van der Waals surface area contributed by atoms with Gasteiger partial charge < -0.3 is 15.5 Å². The van der Waals surface area contributed by atoms with Crippen molar-refractivity contribution in [3.63, 3.8) is 0 Å². The number of hydrogen-bond donors (Lipinski definition) is 1. The fourth-order valence-electron chi connectivity index (χ4n) is 5.58. The molecule has 1 fully saturated rings. The van der Waals surface area contributed by atoms with Crippen LogP contribution in [0.4, 0.5) is 10.7 Å². The van der Waals surface area contributed by atoms with E-state index in [2.05, 4.69) is 68.6 Å². The number of benzene rings is 2. The van der Waals surface area contributed by atoms with Crippen molar-refractivity contribution in [3.8, 4) is 0 Å². The maximum Gasteiger partial charge on any atom is 0.259 e. The summed E-state index contributed by atoms with van der Waals surface area (Å²) in [5.41, 5.74) is 11.5. The van der Waals surface area contributed by atoms with Gasteiger partial charge in [-0.15, -0.1) is 11.3 Å². The van der Waals surface area contributed by atoms with Crippen LogP contribution in [0, 0.1) is 6.92 Å². The lowest BCUT2D eigenvalue weighted by Gasteiger charge is -2.33. The van der Waals surface area contributed by atoms with E-state index < -0.39 is 5.91 Å². The lowest BCUT2D eigenvalue weighted by atomic mass is 9.81. The number of primary amides is 1. The number of thiophene rings is 1. The zero-order valence-electron chi connectivity index (χ0n) is 22.3. The lowest BCUT2D eigenvalue weighted by Crippen LogP contribution is -2.31. The van der Waals surface area contributed by atoms with Crippen molar-refractivity contribution in [1.29, 1.82) is 0 Å². The molecule has 0 radical (unpaired) electrons. The summed E-state index contributed by atoms with van der Waals surface area (Å²) in [6.45, 7) is 8.38. The number of carbonyl (C=O) groups is 1. The molecular formula is C31H38ClN3OS. The summed E-state index contributed by atoms with van der Waals surface area (Å²) in [6, 6.07) is 17.4. The molecule has 0 saturated heterocycles. The van der Waals surface area contributed by atoms with Crippen molar-refractivity contribution in [2.45, 2.75) is 63.8 Å². The number of aryl methyl sites for hydroxylation is 1. The second kappa shape index (κ2) is 11.8. The Kier molecular flexibility index (Phi) is 8.79. The molecule has 2 N–H and O–H groups in total. The van der Waals surface area contributed by atoms with Gasteiger partial charge in [0.25, 0.3) is 5.91 Å². The molecule has 37 heavy (non-hydrogen) atoms. The first-order chi connectivity index (χ1) is 17.7. The smallest absolute Gasteiger partial charge is 0.259 e. The van der Waals surface area contributed by atoms with E-state index in [0.29, 0.717) is 23.3 Å². The lowest BCUT2D eigenvalue weighted by molar-refractivity contribution is 0.100. The Morgan fingerprint density at radius 1 is 1.16 bits per heavy atom. The molecule has 1 saturated carbocycles. The maximum absolute atomic E-state index is 12.4. The molecule has 0 unspecified atom stereocenters. The molecule has 1 aliphatic carbocycles. The average Bonchev–Trinajstić information content (AvgIpc) is 3.29. The number of halogens is 1. The van der Waals surface area contributed by atoms with Crippen molar-refractivity contribution in [3.05, 3.63) is 93.5 Å². The number of carbonyl (C=O) groups excluding carboxylic acids is 1. The van der Waals surface area contributed by atoms with Crippen LogP contribution in [0.25, 0.3) is 0 Å². The van der Waals surface area contributed by atoms with Crippen molar-refractivity contribution >= 4 is 39.5 Å². The number of amides is 1. The molecule has 1 heterocycles. The molecule has 1 atom stereocenters. The highest BCUT2D eigenvalue weighted by Gasteiger charge is 2.25. The van der Waals surface area contributed by atoms with Crippen LogP contribution in [-0.4, -0.2) is 30.9 Å². The van der Waals surface area contributed by atoms with Gasteiger partial charge in [-0.2, -0.15) is 0 Å². The van der Waals surface area contributed by atoms with Gasteiger partial charge >= 0.3 is 0 Å². The quantitative estimate of drug-likeness (QED) is 0.302. The standard InChI is InChI=1S/C31H38ClN3OS/c1-6-35(28-18-23(12-11-20(28)2)22-13-15-25(16-14-22)34(4)5)29-19-24(30(37-29)31(33)36)17-21(3)26-9-7-8-10-27(26)32/h6-12,18-19,21-22,25H,1,13-17H2,2-5H3,(H2,33,36)/t21-,22?,25?/m0/s1. The van der Waals surface area contributed by atoms with Crippen LogP contribution < -0.4 is 10.6 Å². The van der Waals surface area contributed by atoms with Gasteiger partial charge in [0.2, 0.25) is 0 Å². The third-order valence-corrected chi connectivity index (χ3v) is 9.33. The SMILES string of the molecule is C=CN(c1cc(C[C@H](C)c2ccccc2Cl)c(C(N)=O)s1)c1cc(C2CCC(N(C)C)CC2)ccc1C. The third kappa shape index (κ3) is 6.11. The van der Waals surface area contributed by atoms with Crippen LogP contribution in [0.15, 0.2) is 61.3 Å². The summed E-state index contributed by atoms with van der Waals surface area (Å²) in [5, 5.41) is 1.69.